The lowest BCUT2D eigenvalue weighted by Gasteiger charge is -2.17. The number of nitrogens with zero attached hydrogens (tertiary/aromatic N) is 4. The molecule has 5 heteroatoms. The molecule has 0 aliphatic heterocycles. The quantitative estimate of drug-likeness (QED) is 0.843. The second-order valence-electron chi connectivity index (χ2n) is 5.51. The minimum absolute atomic E-state index is 0.340. The van der Waals surface area contributed by atoms with E-state index < -0.39 is 0 Å². The van der Waals surface area contributed by atoms with Crippen LogP contribution in [0.3, 0.4) is 0 Å². The third kappa shape index (κ3) is 3.40. The van der Waals surface area contributed by atoms with Crippen LogP contribution in [0.4, 0.5) is 5.82 Å². The summed E-state index contributed by atoms with van der Waals surface area (Å²) in [7, 11) is 0. The first-order chi connectivity index (χ1) is 10.2. The average Bonchev–Trinajstić information content (AvgIpc) is 2.93. The largest absolute Gasteiger partial charge is 0.370 e. The van der Waals surface area contributed by atoms with Gasteiger partial charge in [0, 0.05) is 31.0 Å². The SMILES string of the molecule is CCCNc1ncnc(-c2nccn2CCC)c1C(C)C. The summed E-state index contributed by atoms with van der Waals surface area (Å²) in [4.78, 5) is 13.5. The van der Waals surface area contributed by atoms with E-state index in [1.807, 2.05) is 12.4 Å². The molecule has 0 aromatic carbocycles. The highest BCUT2D eigenvalue weighted by molar-refractivity contribution is 5.64. The Balaban J connectivity index is 2.49. The van der Waals surface area contributed by atoms with Crippen LogP contribution in [0, 0.1) is 0 Å². The third-order valence-electron chi connectivity index (χ3n) is 3.40. The van der Waals surface area contributed by atoms with Gasteiger partial charge in [-0.2, -0.15) is 0 Å². The number of nitrogens with one attached hydrogen (secondary N) is 1. The zero-order valence-electron chi connectivity index (χ0n) is 13.4. The molecule has 0 unspecified atom stereocenters. The fourth-order valence-corrected chi connectivity index (χ4v) is 2.45. The summed E-state index contributed by atoms with van der Waals surface area (Å²) in [5, 5.41) is 3.41. The molecule has 0 spiro atoms. The number of aryl methyl sites for hydroxylation is 1. The fraction of sp³-hybridized carbons (Fsp3) is 0.562. The maximum Gasteiger partial charge on any atom is 0.159 e. The van der Waals surface area contributed by atoms with Crippen molar-refractivity contribution < 1.29 is 0 Å². The van der Waals surface area contributed by atoms with Gasteiger partial charge in [-0.1, -0.05) is 27.7 Å². The van der Waals surface area contributed by atoms with Crippen LogP contribution in [0.5, 0.6) is 0 Å². The van der Waals surface area contributed by atoms with Gasteiger partial charge < -0.3 is 9.88 Å². The Morgan fingerprint density at radius 2 is 1.95 bits per heavy atom. The monoisotopic (exact) mass is 287 g/mol. The molecule has 0 aliphatic carbocycles. The highest BCUT2D eigenvalue weighted by Crippen LogP contribution is 2.31. The van der Waals surface area contributed by atoms with Crippen LogP contribution in [0.15, 0.2) is 18.7 Å². The van der Waals surface area contributed by atoms with Crippen molar-refractivity contribution in [3.05, 3.63) is 24.3 Å². The normalized spacial score (nSPS) is 11.1. The van der Waals surface area contributed by atoms with Crippen molar-refractivity contribution in [3.63, 3.8) is 0 Å². The third-order valence-corrected chi connectivity index (χ3v) is 3.40. The predicted octanol–water partition coefficient (Wildman–Crippen LogP) is 3.70. The van der Waals surface area contributed by atoms with Crippen LogP contribution in [-0.2, 0) is 6.54 Å². The van der Waals surface area contributed by atoms with Crippen LogP contribution in [0.25, 0.3) is 11.5 Å². The maximum absolute atomic E-state index is 4.52. The molecule has 0 bridgehead atoms. The molecule has 2 aromatic rings. The summed E-state index contributed by atoms with van der Waals surface area (Å²) >= 11 is 0. The van der Waals surface area contributed by atoms with Crippen molar-refractivity contribution in [2.24, 2.45) is 0 Å². The highest BCUT2D eigenvalue weighted by atomic mass is 15.1. The van der Waals surface area contributed by atoms with Crippen molar-refractivity contribution in [1.29, 1.82) is 0 Å². The molecular formula is C16H25N5. The predicted molar refractivity (Wildman–Crippen MR) is 86.4 cm³/mol. The van der Waals surface area contributed by atoms with Gasteiger partial charge in [-0.15, -0.1) is 0 Å². The number of anilines is 1. The summed E-state index contributed by atoms with van der Waals surface area (Å²) in [6.45, 7) is 10.5. The van der Waals surface area contributed by atoms with E-state index in [9.17, 15) is 0 Å². The minimum atomic E-state index is 0.340. The minimum Gasteiger partial charge on any atom is -0.370 e. The second kappa shape index (κ2) is 7.20. The number of aromatic nitrogens is 4. The average molecular weight is 287 g/mol. The lowest BCUT2D eigenvalue weighted by Crippen LogP contribution is -2.10. The molecule has 0 saturated heterocycles. The number of rotatable bonds is 7. The molecular weight excluding hydrogens is 262 g/mol. The summed E-state index contributed by atoms with van der Waals surface area (Å²) in [5.41, 5.74) is 2.09. The summed E-state index contributed by atoms with van der Waals surface area (Å²) in [6.07, 6.45) is 7.64. The summed E-state index contributed by atoms with van der Waals surface area (Å²) in [6, 6.07) is 0. The Labute approximate surface area is 126 Å². The molecule has 0 amide bonds. The van der Waals surface area contributed by atoms with Crippen molar-refractivity contribution >= 4 is 5.82 Å². The number of hydrogen-bond acceptors (Lipinski definition) is 4. The topological polar surface area (TPSA) is 55.6 Å². The lowest BCUT2D eigenvalue weighted by molar-refractivity contribution is 0.682. The molecule has 114 valence electrons. The first-order valence-electron chi connectivity index (χ1n) is 7.79. The summed E-state index contributed by atoms with van der Waals surface area (Å²) < 4.78 is 2.16. The number of hydrogen-bond donors (Lipinski definition) is 1. The first kappa shape index (κ1) is 15.5. The molecule has 0 aliphatic rings. The van der Waals surface area contributed by atoms with E-state index >= 15 is 0 Å². The van der Waals surface area contributed by atoms with E-state index in [1.54, 1.807) is 6.33 Å². The highest BCUT2D eigenvalue weighted by Gasteiger charge is 2.19. The molecule has 1 N–H and O–H groups in total. The summed E-state index contributed by atoms with van der Waals surface area (Å²) in [5.74, 6) is 2.21. The smallest absolute Gasteiger partial charge is 0.159 e. The van der Waals surface area contributed by atoms with E-state index in [0.717, 1.165) is 48.8 Å². The van der Waals surface area contributed by atoms with Crippen LogP contribution >= 0.6 is 0 Å². The van der Waals surface area contributed by atoms with E-state index in [2.05, 4.69) is 52.5 Å². The van der Waals surface area contributed by atoms with E-state index in [0.29, 0.717) is 5.92 Å². The van der Waals surface area contributed by atoms with Crippen molar-refractivity contribution in [1.82, 2.24) is 19.5 Å². The molecule has 5 nitrogen and oxygen atoms in total. The van der Waals surface area contributed by atoms with E-state index in [-0.39, 0.29) is 0 Å². The van der Waals surface area contributed by atoms with Crippen LogP contribution in [0.1, 0.15) is 52.0 Å². The maximum atomic E-state index is 4.52. The second-order valence-corrected chi connectivity index (χ2v) is 5.51. The van der Waals surface area contributed by atoms with E-state index in [1.165, 1.54) is 0 Å². The van der Waals surface area contributed by atoms with Gasteiger partial charge in [-0.25, -0.2) is 15.0 Å². The van der Waals surface area contributed by atoms with Crippen LogP contribution in [-0.4, -0.2) is 26.1 Å². The Hall–Kier alpha value is -1.91. The van der Waals surface area contributed by atoms with Crippen molar-refractivity contribution in [2.75, 3.05) is 11.9 Å². The fourth-order valence-electron chi connectivity index (χ4n) is 2.45. The van der Waals surface area contributed by atoms with Crippen molar-refractivity contribution in [3.8, 4) is 11.5 Å². The molecule has 0 radical (unpaired) electrons. The molecule has 0 saturated carbocycles. The molecule has 21 heavy (non-hydrogen) atoms. The Kier molecular flexibility index (Phi) is 5.31. The van der Waals surface area contributed by atoms with Gasteiger partial charge >= 0.3 is 0 Å². The zero-order valence-corrected chi connectivity index (χ0v) is 13.4. The van der Waals surface area contributed by atoms with Gasteiger partial charge in [0.2, 0.25) is 0 Å². The Morgan fingerprint density at radius 3 is 2.62 bits per heavy atom. The Morgan fingerprint density at radius 1 is 1.14 bits per heavy atom. The van der Waals surface area contributed by atoms with Gasteiger partial charge in [-0.05, 0) is 18.8 Å². The van der Waals surface area contributed by atoms with Crippen LogP contribution < -0.4 is 5.32 Å². The van der Waals surface area contributed by atoms with Gasteiger partial charge in [-0.3, -0.25) is 0 Å². The number of imidazole rings is 1. The van der Waals surface area contributed by atoms with Crippen LogP contribution in [0.2, 0.25) is 0 Å². The molecule has 0 fully saturated rings. The molecule has 2 heterocycles. The lowest BCUT2D eigenvalue weighted by atomic mass is 10.0. The first-order valence-corrected chi connectivity index (χ1v) is 7.79. The van der Waals surface area contributed by atoms with Crippen molar-refractivity contribution in [2.45, 2.75) is 53.0 Å². The molecule has 2 rings (SSSR count). The zero-order chi connectivity index (χ0) is 15.2. The standard InChI is InChI=1S/C16H25N5/c1-5-7-17-15-13(12(3)4)14(19-11-20-15)16-18-8-10-21(16)9-6-2/h8,10-12H,5-7,9H2,1-4H3,(H,17,19,20). The van der Waals surface area contributed by atoms with Gasteiger partial charge in [0.05, 0.1) is 0 Å². The van der Waals surface area contributed by atoms with Gasteiger partial charge in [0.25, 0.3) is 0 Å². The van der Waals surface area contributed by atoms with Gasteiger partial charge in [0.15, 0.2) is 5.82 Å². The van der Waals surface area contributed by atoms with Gasteiger partial charge in [0.1, 0.15) is 17.8 Å². The molecule has 2 aromatic heterocycles. The molecule has 0 atom stereocenters. The van der Waals surface area contributed by atoms with E-state index in [4.69, 9.17) is 0 Å². The Bertz CT molecular complexity index is 574.